The molecule has 0 N–H and O–H groups in total. The summed E-state index contributed by atoms with van der Waals surface area (Å²) in [6.45, 7) is 2.92. The molecule has 0 atom stereocenters. The van der Waals surface area contributed by atoms with Gasteiger partial charge in [-0.1, -0.05) is 12.1 Å². The van der Waals surface area contributed by atoms with Crippen molar-refractivity contribution in [3.8, 4) is 5.69 Å². The van der Waals surface area contributed by atoms with E-state index in [-0.39, 0.29) is 5.91 Å². The van der Waals surface area contributed by atoms with Gasteiger partial charge in [0.25, 0.3) is 5.91 Å². The lowest BCUT2D eigenvalue weighted by Crippen LogP contribution is -2.49. The van der Waals surface area contributed by atoms with Crippen molar-refractivity contribution in [2.24, 2.45) is 0 Å². The molecule has 0 bridgehead atoms. The molecule has 0 spiro atoms. The minimum absolute atomic E-state index is 0.0699. The second kappa shape index (κ2) is 7.91. The molecule has 5 rings (SSSR count). The van der Waals surface area contributed by atoms with Crippen molar-refractivity contribution in [2.45, 2.75) is 0 Å². The highest BCUT2D eigenvalue weighted by Crippen LogP contribution is 2.20. The number of rotatable bonds is 3. The Bertz CT molecular complexity index is 1180. The van der Waals surface area contributed by atoms with E-state index in [1.807, 2.05) is 76.5 Å². The van der Waals surface area contributed by atoms with Crippen LogP contribution in [0.1, 0.15) is 10.4 Å². The SMILES string of the molecule is O=C(c1ccc(-n2cnc3ccccc32)cc1)N1CCN(c2ccc(Br)cn2)CC1. The quantitative estimate of drug-likeness (QED) is 0.459. The van der Waals surface area contributed by atoms with Crippen molar-refractivity contribution >= 4 is 38.7 Å². The minimum Gasteiger partial charge on any atom is -0.353 e. The van der Waals surface area contributed by atoms with Gasteiger partial charge in [-0.15, -0.1) is 0 Å². The van der Waals surface area contributed by atoms with E-state index in [1.54, 1.807) is 6.20 Å². The van der Waals surface area contributed by atoms with Crippen molar-refractivity contribution in [3.05, 3.63) is 83.2 Å². The molecule has 7 heteroatoms. The number of para-hydroxylation sites is 2. The molecule has 0 saturated carbocycles. The Morgan fingerprint density at radius 3 is 2.37 bits per heavy atom. The molecule has 30 heavy (non-hydrogen) atoms. The highest BCUT2D eigenvalue weighted by atomic mass is 79.9. The van der Waals surface area contributed by atoms with Gasteiger partial charge in [0.2, 0.25) is 0 Å². The second-order valence-electron chi connectivity index (χ2n) is 7.26. The molecule has 1 amide bonds. The summed E-state index contributed by atoms with van der Waals surface area (Å²) in [5.41, 5.74) is 3.70. The predicted molar refractivity (Wildman–Crippen MR) is 121 cm³/mol. The highest BCUT2D eigenvalue weighted by Gasteiger charge is 2.23. The van der Waals surface area contributed by atoms with Gasteiger partial charge in [0.15, 0.2) is 0 Å². The summed E-state index contributed by atoms with van der Waals surface area (Å²) in [7, 11) is 0. The van der Waals surface area contributed by atoms with E-state index in [9.17, 15) is 4.79 Å². The van der Waals surface area contributed by atoms with E-state index in [2.05, 4.69) is 30.8 Å². The molecule has 1 aliphatic rings. The third kappa shape index (κ3) is 3.57. The van der Waals surface area contributed by atoms with Crippen LogP contribution in [0.4, 0.5) is 5.82 Å². The monoisotopic (exact) mass is 461 g/mol. The summed E-state index contributed by atoms with van der Waals surface area (Å²) >= 11 is 3.41. The molecule has 2 aromatic carbocycles. The number of fused-ring (bicyclic) bond motifs is 1. The normalized spacial score (nSPS) is 14.3. The second-order valence-corrected chi connectivity index (χ2v) is 8.18. The lowest BCUT2D eigenvalue weighted by molar-refractivity contribution is 0.0746. The van der Waals surface area contributed by atoms with E-state index in [4.69, 9.17) is 0 Å². The molecular formula is C23H20BrN5O. The maximum absolute atomic E-state index is 13.0. The van der Waals surface area contributed by atoms with Gasteiger partial charge < -0.3 is 9.80 Å². The van der Waals surface area contributed by atoms with E-state index in [1.165, 1.54) is 0 Å². The van der Waals surface area contributed by atoms with Crippen LogP contribution in [0.15, 0.2) is 77.7 Å². The molecule has 0 aliphatic carbocycles. The largest absolute Gasteiger partial charge is 0.353 e. The van der Waals surface area contributed by atoms with Gasteiger partial charge in [0.05, 0.1) is 11.0 Å². The van der Waals surface area contributed by atoms with Crippen molar-refractivity contribution in [1.82, 2.24) is 19.4 Å². The van der Waals surface area contributed by atoms with Gasteiger partial charge in [-0.3, -0.25) is 9.36 Å². The van der Waals surface area contributed by atoms with Gasteiger partial charge in [0.1, 0.15) is 12.1 Å². The third-order valence-corrected chi connectivity index (χ3v) is 5.92. The number of carbonyl (C=O) groups excluding carboxylic acids is 1. The molecule has 1 fully saturated rings. The molecule has 0 radical (unpaired) electrons. The smallest absolute Gasteiger partial charge is 0.253 e. The number of amides is 1. The number of imidazole rings is 1. The van der Waals surface area contributed by atoms with Crippen molar-refractivity contribution in [2.75, 3.05) is 31.1 Å². The Balaban J connectivity index is 1.27. The average molecular weight is 462 g/mol. The van der Waals surface area contributed by atoms with Crippen LogP contribution >= 0.6 is 15.9 Å². The Labute approximate surface area is 182 Å². The molecule has 6 nitrogen and oxygen atoms in total. The standard InChI is InChI=1S/C23H20BrN5O/c24-18-7-10-22(25-15-18)27-11-13-28(14-12-27)23(30)17-5-8-19(9-6-17)29-16-26-20-3-1-2-4-21(20)29/h1-10,15-16H,11-14H2. The van der Waals surface area contributed by atoms with Crippen LogP contribution < -0.4 is 4.90 Å². The van der Waals surface area contributed by atoms with Crippen LogP contribution in [0, 0.1) is 0 Å². The zero-order chi connectivity index (χ0) is 20.5. The summed E-state index contributed by atoms with van der Waals surface area (Å²) < 4.78 is 3.00. The first-order valence-corrected chi connectivity index (χ1v) is 10.7. The van der Waals surface area contributed by atoms with Crippen LogP contribution in [-0.2, 0) is 0 Å². The molecule has 0 unspecified atom stereocenters. The molecule has 1 saturated heterocycles. The number of anilines is 1. The third-order valence-electron chi connectivity index (χ3n) is 5.45. The first kappa shape index (κ1) is 18.8. The van der Waals surface area contributed by atoms with Crippen LogP contribution in [0.3, 0.4) is 0 Å². The van der Waals surface area contributed by atoms with E-state index in [0.29, 0.717) is 18.7 Å². The van der Waals surface area contributed by atoms with E-state index >= 15 is 0 Å². The van der Waals surface area contributed by atoms with Crippen molar-refractivity contribution in [3.63, 3.8) is 0 Å². The Morgan fingerprint density at radius 1 is 0.867 bits per heavy atom. The summed E-state index contributed by atoms with van der Waals surface area (Å²) in [6.07, 6.45) is 3.62. The lowest BCUT2D eigenvalue weighted by Gasteiger charge is -2.35. The van der Waals surface area contributed by atoms with Crippen molar-refractivity contribution in [1.29, 1.82) is 0 Å². The Morgan fingerprint density at radius 2 is 1.63 bits per heavy atom. The number of hydrogen-bond donors (Lipinski definition) is 0. The fourth-order valence-corrected chi connectivity index (χ4v) is 4.04. The first-order chi connectivity index (χ1) is 14.7. The average Bonchev–Trinajstić information content (AvgIpc) is 3.24. The van der Waals surface area contributed by atoms with Gasteiger partial charge in [-0.2, -0.15) is 0 Å². The predicted octanol–water partition coefficient (Wildman–Crippen LogP) is 4.15. The number of piperazine rings is 1. The Kier molecular flexibility index (Phi) is 4.96. The van der Waals surface area contributed by atoms with Gasteiger partial charge in [-0.05, 0) is 64.5 Å². The molecule has 1 aliphatic heterocycles. The summed E-state index contributed by atoms with van der Waals surface area (Å²) in [5, 5.41) is 0. The summed E-state index contributed by atoms with van der Waals surface area (Å²) in [6, 6.07) is 19.8. The number of aromatic nitrogens is 3. The number of halogens is 1. The van der Waals surface area contributed by atoms with Crippen molar-refractivity contribution < 1.29 is 4.79 Å². The molecule has 150 valence electrons. The first-order valence-electron chi connectivity index (χ1n) is 9.87. The van der Waals surface area contributed by atoms with Gasteiger partial charge in [0, 0.05) is 48.1 Å². The lowest BCUT2D eigenvalue weighted by atomic mass is 10.1. The van der Waals surface area contributed by atoms with E-state index in [0.717, 1.165) is 40.1 Å². The molecular weight excluding hydrogens is 442 g/mol. The summed E-state index contributed by atoms with van der Waals surface area (Å²) in [5.74, 6) is 1.02. The zero-order valence-corrected chi connectivity index (χ0v) is 17.9. The molecule has 3 heterocycles. The van der Waals surface area contributed by atoms with Crippen LogP contribution in [0.5, 0.6) is 0 Å². The summed E-state index contributed by atoms with van der Waals surface area (Å²) in [4.78, 5) is 26.0. The maximum atomic E-state index is 13.0. The number of carbonyl (C=O) groups is 1. The zero-order valence-electron chi connectivity index (χ0n) is 16.3. The fourth-order valence-electron chi connectivity index (χ4n) is 3.81. The number of pyridine rings is 1. The van der Waals surface area contributed by atoms with Crippen LogP contribution in [0.2, 0.25) is 0 Å². The van der Waals surface area contributed by atoms with E-state index < -0.39 is 0 Å². The topological polar surface area (TPSA) is 54.3 Å². The number of nitrogens with zero attached hydrogens (tertiary/aromatic N) is 5. The highest BCUT2D eigenvalue weighted by molar-refractivity contribution is 9.10. The maximum Gasteiger partial charge on any atom is 0.253 e. The molecule has 4 aromatic rings. The number of benzene rings is 2. The van der Waals surface area contributed by atoms with Crippen LogP contribution in [-0.4, -0.2) is 51.5 Å². The number of hydrogen-bond acceptors (Lipinski definition) is 4. The molecule has 2 aromatic heterocycles. The van der Waals surface area contributed by atoms with Gasteiger partial charge in [-0.25, -0.2) is 9.97 Å². The Hall–Kier alpha value is -3.19. The van der Waals surface area contributed by atoms with Crippen LogP contribution in [0.25, 0.3) is 16.7 Å². The minimum atomic E-state index is 0.0699. The van der Waals surface area contributed by atoms with Gasteiger partial charge >= 0.3 is 0 Å². The fraction of sp³-hybridized carbons (Fsp3) is 0.174.